The van der Waals surface area contributed by atoms with Gasteiger partial charge in [0.15, 0.2) is 0 Å². The van der Waals surface area contributed by atoms with Crippen molar-refractivity contribution in [3.63, 3.8) is 0 Å². The molecule has 1 aliphatic rings. The Morgan fingerprint density at radius 2 is 2.24 bits per heavy atom. The molecular weight excluding hydrogens is 296 g/mol. The molecule has 8 heteroatoms. The summed E-state index contributed by atoms with van der Waals surface area (Å²) in [5.41, 5.74) is 0.125. The van der Waals surface area contributed by atoms with Gasteiger partial charge in [-0.05, 0) is 18.6 Å². The molecular formula is C13H18N2O5S. The van der Waals surface area contributed by atoms with Crippen LogP contribution in [0, 0.1) is 0 Å². The Kier molecular flexibility index (Phi) is 4.69. The monoisotopic (exact) mass is 314 g/mol. The van der Waals surface area contributed by atoms with Crippen LogP contribution in [0.2, 0.25) is 0 Å². The molecule has 1 heterocycles. The van der Waals surface area contributed by atoms with E-state index in [1.165, 1.54) is 23.5 Å². The van der Waals surface area contributed by atoms with Crippen molar-refractivity contribution in [3.05, 3.63) is 23.8 Å². The predicted molar refractivity (Wildman–Crippen MR) is 77.0 cm³/mol. The molecule has 0 bridgehead atoms. The van der Waals surface area contributed by atoms with E-state index in [2.05, 4.69) is 5.32 Å². The fourth-order valence-corrected chi connectivity index (χ4v) is 3.69. The molecule has 1 aliphatic heterocycles. The molecule has 1 amide bonds. The van der Waals surface area contributed by atoms with E-state index in [1.807, 2.05) is 0 Å². The van der Waals surface area contributed by atoms with Gasteiger partial charge in [0.05, 0.1) is 18.4 Å². The number of carbonyl (C=O) groups excluding carboxylic acids is 1. The fourth-order valence-electron chi connectivity index (χ4n) is 2.16. The molecule has 0 atom stereocenters. The third-order valence-electron chi connectivity index (χ3n) is 3.30. The summed E-state index contributed by atoms with van der Waals surface area (Å²) in [5, 5.41) is 12.3. The van der Waals surface area contributed by atoms with Crippen LogP contribution in [-0.4, -0.2) is 56.2 Å². The zero-order chi connectivity index (χ0) is 15.5. The van der Waals surface area contributed by atoms with Crippen LogP contribution in [0.15, 0.2) is 18.2 Å². The fraction of sp³-hybridized carbons (Fsp3) is 0.462. The maximum Gasteiger partial charge on any atom is 0.255 e. The van der Waals surface area contributed by atoms with Gasteiger partial charge in [0.2, 0.25) is 10.0 Å². The minimum atomic E-state index is -3.15. The van der Waals surface area contributed by atoms with E-state index in [0.29, 0.717) is 18.7 Å². The smallest absolute Gasteiger partial charge is 0.255 e. The quantitative estimate of drug-likeness (QED) is 0.807. The molecule has 1 fully saturated rings. The molecule has 0 radical (unpaired) electrons. The maximum absolute atomic E-state index is 11.9. The number of hydrogen-bond acceptors (Lipinski definition) is 5. The Hall–Kier alpha value is -1.80. The third-order valence-corrected chi connectivity index (χ3v) is 5.26. The lowest BCUT2D eigenvalue weighted by Crippen LogP contribution is -2.35. The molecule has 21 heavy (non-hydrogen) atoms. The number of rotatable bonds is 5. The number of phenols is 1. The van der Waals surface area contributed by atoms with Crippen LogP contribution in [-0.2, 0) is 10.0 Å². The number of methoxy groups -OCH3 is 1. The van der Waals surface area contributed by atoms with E-state index >= 15 is 0 Å². The maximum atomic E-state index is 11.9. The first-order valence-electron chi connectivity index (χ1n) is 6.57. The Labute approximate surface area is 123 Å². The average molecular weight is 314 g/mol. The van der Waals surface area contributed by atoms with Crippen LogP contribution < -0.4 is 10.1 Å². The molecule has 1 aromatic carbocycles. The van der Waals surface area contributed by atoms with E-state index < -0.39 is 15.9 Å². The Bertz CT molecular complexity index is 629. The van der Waals surface area contributed by atoms with Gasteiger partial charge in [-0.15, -0.1) is 0 Å². The summed E-state index contributed by atoms with van der Waals surface area (Å²) in [7, 11) is -1.69. The zero-order valence-corrected chi connectivity index (χ0v) is 12.5. The normalized spacial score (nSPS) is 17.6. The lowest BCUT2D eigenvalue weighted by molar-refractivity contribution is 0.0949. The highest BCUT2D eigenvalue weighted by Gasteiger charge is 2.27. The lowest BCUT2D eigenvalue weighted by atomic mass is 10.2. The first-order chi connectivity index (χ1) is 9.94. The van der Waals surface area contributed by atoms with Crippen molar-refractivity contribution in [1.29, 1.82) is 0 Å². The number of aromatic hydroxyl groups is 1. The molecule has 0 spiro atoms. The average Bonchev–Trinajstić information content (AvgIpc) is 2.77. The van der Waals surface area contributed by atoms with Crippen LogP contribution >= 0.6 is 0 Å². The molecule has 7 nitrogen and oxygen atoms in total. The highest BCUT2D eigenvalue weighted by atomic mass is 32.2. The number of sulfonamides is 1. The van der Waals surface area contributed by atoms with E-state index in [-0.39, 0.29) is 30.2 Å². The first kappa shape index (κ1) is 15.6. The summed E-state index contributed by atoms with van der Waals surface area (Å²) >= 11 is 0. The van der Waals surface area contributed by atoms with Crippen molar-refractivity contribution in [3.8, 4) is 11.5 Å². The number of phenolic OH excluding ortho intramolecular Hbond substituents is 1. The number of nitrogens with zero attached hydrogens (tertiary/aromatic N) is 1. The molecule has 2 N–H and O–H groups in total. The van der Waals surface area contributed by atoms with Gasteiger partial charge >= 0.3 is 0 Å². The summed E-state index contributed by atoms with van der Waals surface area (Å²) in [5.74, 6) is -0.0140. The van der Waals surface area contributed by atoms with Crippen molar-refractivity contribution >= 4 is 15.9 Å². The summed E-state index contributed by atoms with van der Waals surface area (Å²) < 4.78 is 29.5. The van der Waals surface area contributed by atoms with Gasteiger partial charge < -0.3 is 15.2 Å². The zero-order valence-electron chi connectivity index (χ0n) is 11.7. The highest BCUT2D eigenvalue weighted by Crippen LogP contribution is 2.23. The molecule has 0 unspecified atom stereocenters. The van der Waals surface area contributed by atoms with Gasteiger partial charge in [0.1, 0.15) is 11.5 Å². The molecule has 116 valence electrons. The van der Waals surface area contributed by atoms with Crippen molar-refractivity contribution in [2.75, 3.05) is 32.5 Å². The topological polar surface area (TPSA) is 95.9 Å². The second kappa shape index (κ2) is 6.31. The molecule has 1 saturated heterocycles. The molecule has 2 rings (SSSR count). The SMILES string of the molecule is COc1ccc(C(=O)NCCN2CCCS2(=O)=O)c(O)c1. The Morgan fingerprint density at radius 3 is 2.81 bits per heavy atom. The van der Waals surface area contributed by atoms with Crippen LogP contribution in [0.25, 0.3) is 0 Å². The first-order valence-corrected chi connectivity index (χ1v) is 8.18. The molecule has 0 saturated carbocycles. The summed E-state index contributed by atoms with van der Waals surface area (Å²) in [6, 6.07) is 4.37. The Balaban J connectivity index is 1.90. The number of amides is 1. The van der Waals surface area contributed by atoms with E-state index in [4.69, 9.17) is 4.74 Å². The van der Waals surface area contributed by atoms with Gasteiger partial charge in [0, 0.05) is 25.7 Å². The summed E-state index contributed by atoms with van der Waals surface area (Å²) in [6.45, 7) is 0.931. The number of carbonyl (C=O) groups is 1. The van der Waals surface area contributed by atoms with Gasteiger partial charge in [-0.1, -0.05) is 0 Å². The van der Waals surface area contributed by atoms with Crippen LogP contribution in [0.3, 0.4) is 0 Å². The van der Waals surface area contributed by atoms with Crippen LogP contribution in [0.5, 0.6) is 11.5 Å². The third kappa shape index (κ3) is 3.64. The number of nitrogens with one attached hydrogen (secondary N) is 1. The largest absolute Gasteiger partial charge is 0.507 e. The lowest BCUT2D eigenvalue weighted by Gasteiger charge is -2.14. The predicted octanol–water partition coefficient (Wildman–Crippen LogP) is 0.166. The number of ether oxygens (including phenoxy) is 1. The van der Waals surface area contributed by atoms with E-state index in [1.54, 1.807) is 6.07 Å². The van der Waals surface area contributed by atoms with Gasteiger partial charge in [0.25, 0.3) is 5.91 Å². The van der Waals surface area contributed by atoms with Crippen molar-refractivity contribution in [1.82, 2.24) is 9.62 Å². The molecule has 0 aliphatic carbocycles. The minimum absolute atomic E-state index is 0.125. The number of benzene rings is 1. The molecule has 1 aromatic rings. The summed E-state index contributed by atoms with van der Waals surface area (Å²) in [4.78, 5) is 11.9. The Morgan fingerprint density at radius 1 is 1.48 bits per heavy atom. The van der Waals surface area contributed by atoms with E-state index in [0.717, 1.165) is 0 Å². The van der Waals surface area contributed by atoms with Crippen LogP contribution in [0.4, 0.5) is 0 Å². The van der Waals surface area contributed by atoms with Gasteiger partial charge in [-0.3, -0.25) is 4.79 Å². The van der Waals surface area contributed by atoms with Crippen molar-refractivity contribution < 1.29 is 23.1 Å². The van der Waals surface area contributed by atoms with Crippen molar-refractivity contribution in [2.45, 2.75) is 6.42 Å². The second-order valence-corrected chi connectivity index (χ2v) is 6.80. The number of hydrogen-bond donors (Lipinski definition) is 2. The second-order valence-electron chi connectivity index (χ2n) is 4.71. The van der Waals surface area contributed by atoms with Gasteiger partial charge in [-0.25, -0.2) is 12.7 Å². The highest BCUT2D eigenvalue weighted by molar-refractivity contribution is 7.89. The minimum Gasteiger partial charge on any atom is -0.507 e. The van der Waals surface area contributed by atoms with E-state index in [9.17, 15) is 18.3 Å². The van der Waals surface area contributed by atoms with Gasteiger partial charge in [-0.2, -0.15) is 0 Å². The van der Waals surface area contributed by atoms with Crippen LogP contribution in [0.1, 0.15) is 16.8 Å². The standard InChI is InChI=1S/C13H18N2O5S/c1-20-10-3-4-11(12(16)9-10)13(17)14-5-7-15-6-2-8-21(15,18)19/h3-4,9,16H,2,5-8H2,1H3,(H,14,17). The summed E-state index contributed by atoms with van der Waals surface area (Å²) in [6.07, 6.45) is 0.621. The molecule has 0 aromatic heterocycles. The van der Waals surface area contributed by atoms with Crippen molar-refractivity contribution in [2.24, 2.45) is 0 Å².